The van der Waals surface area contributed by atoms with Gasteiger partial charge in [0.05, 0.1) is 14.2 Å². The van der Waals surface area contributed by atoms with Gasteiger partial charge in [0, 0.05) is 23.2 Å². The molecule has 0 bridgehead atoms. The number of allylic oxidation sites excluding steroid dienone is 1. The zero-order valence-corrected chi connectivity index (χ0v) is 17.9. The Bertz CT molecular complexity index is 1180. The van der Waals surface area contributed by atoms with E-state index in [1.54, 1.807) is 43.5 Å². The summed E-state index contributed by atoms with van der Waals surface area (Å²) < 4.78 is 16.2. The van der Waals surface area contributed by atoms with Crippen LogP contribution in [0.3, 0.4) is 0 Å². The van der Waals surface area contributed by atoms with Crippen LogP contribution in [0.1, 0.15) is 21.5 Å². The average Bonchev–Trinajstić information content (AvgIpc) is 3.13. The molecule has 0 radical (unpaired) electrons. The minimum atomic E-state index is -0.294. The van der Waals surface area contributed by atoms with Crippen molar-refractivity contribution < 1.29 is 23.8 Å². The lowest BCUT2D eigenvalue weighted by molar-refractivity contribution is -0.118. The van der Waals surface area contributed by atoms with Crippen LogP contribution in [0.4, 0.5) is 5.69 Å². The van der Waals surface area contributed by atoms with Crippen molar-refractivity contribution >= 4 is 23.5 Å². The molecule has 162 valence electrons. The molecule has 6 heteroatoms. The molecule has 3 aromatic carbocycles. The van der Waals surface area contributed by atoms with E-state index in [4.69, 9.17) is 14.2 Å². The molecule has 1 aliphatic rings. The number of carbonyl (C=O) groups excluding carboxylic acids is 2. The molecule has 0 heterocycles. The molecular formula is C26H23NO5. The number of nitrogens with one attached hydrogen (secondary N) is 1. The van der Waals surface area contributed by atoms with Crippen molar-refractivity contribution in [2.24, 2.45) is 0 Å². The molecule has 1 amide bonds. The molecule has 0 fully saturated rings. The number of Topliss-reactive ketones (excluding diaryl/α,β-unsaturated/α-hetero) is 1. The second-order valence-corrected chi connectivity index (χ2v) is 7.31. The van der Waals surface area contributed by atoms with Crippen LogP contribution in [0, 0.1) is 0 Å². The van der Waals surface area contributed by atoms with Crippen LogP contribution in [-0.2, 0) is 11.2 Å². The first-order valence-corrected chi connectivity index (χ1v) is 10.2. The summed E-state index contributed by atoms with van der Waals surface area (Å²) in [4.78, 5) is 24.8. The fourth-order valence-corrected chi connectivity index (χ4v) is 3.58. The van der Waals surface area contributed by atoms with Crippen molar-refractivity contribution in [1.29, 1.82) is 0 Å². The molecule has 0 aromatic heterocycles. The van der Waals surface area contributed by atoms with E-state index < -0.39 is 0 Å². The molecule has 0 unspecified atom stereocenters. The van der Waals surface area contributed by atoms with E-state index in [-0.39, 0.29) is 18.3 Å². The lowest BCUT2D eigenvalue weighted by Crippen LogP contribution is -2.20. The lowest BCUT2D eigenvalue weighted by atomic mass is 10.1. The monoisotopic (exact) mass is 429 g/mol. The summed E-state index contributed by atoms with van der Waals surface area (Å²) in [5.41, 5.74) is 4.01. The molecule has 0 aliphatic heterocycles. The van der Waals surface area contributed by atoms with Gasteiger partial charge in [0.25, 0.3) is 5.91 Å². The van der Waals surface area contributed by atoms with Crippen LogP contribution in [0.15, 0.2) is 72.3 Å². The van der Waals surface area contributed by atoms with Gasteiger partial charge in [0.15, 0.2) is 23.9 Å². The topological polar surface area (TPSA) is 73.9 Å². The maximum absolute atomic E-state index is 12.6. The van der Waals surface area contributed by atoms with Gasteiger partial charge in [-0.15, -0.1) is 0 Å². The van der Waals surface area contributed by atoms with Gasteiger partial charge in [-0.05, 0) is 53.6 Å². The Balaban J connectivity index is 1.41. The third kappa shape index (κ3) is 4.64. The van der Waals surface area contributed by atoms with E-state index in [9.17, 15) is 9.59 Å². The number of hydrogen-bond acceptors (Lipinski definition) is 5. The highest BCUT2D eigenvalue weighted by molar-refractivity contribution is 6.15. The molecule has 0 atom stereocenters. The van der Waals surface area contributed by atoms with Gasteiger partial charge in [-0.1, -0.05) is 30.3 Å². The van der Waals surface area contributed by atoms with E-state index >= 15 is 0 Å². The van der Waals surface area contributed by atoms with Gasteiger partial charge in [-0.3, -0.25) is 9.59 Å². The summed E-state index contributed by atoms with van der Waals surface area (Å²) >= 11 is 0. The number of anilines is 1. The predicted octanol–water partition coefficient (Wildman–Crippen LogP) is 4.54. The molecule has 3 aromatic rings. The van der Waals surface area contributed by atoms with Crippen LogP contribution in [-0.4, -0.2) is 32.5 Å². The highest BCUT2D eigenvalue weighted by Crippen LogP contribution is 2.31. The summed E-state index contributed by atoms with van der Waals surface area (Å²) in [5.74, 6) is 1.40. The first kappa shape index (κ1) is 21.2. The van der Waals surface area contributed by atoms with E-state index in [0.717, 1.165) is 22.3 Å². The lowest BCUT2D eigenvalue weighted by Gasteiger charge is -2.12. The maximum atomic E-state index is 12.6. The number of ketones is 1. The van der Waals surface area contributed by atoms with Crippen LogP contribution in [0.25, 0.3) is 6.08 Å². The van der Waals surface area contributed by atoms with Gasteiger partial charge >= 0.3 is 0 Å². The van der Waals surface area contributed by atoms with E-state index in [1.165, 1.54) is 7.11 Å². The van der Waals surface area contributed by atoms with Crippen molar-refractivity contribution in [2.75, 3.05) is 26.1 Å². The Morgan fingerprint density at radius 1 is 0.969 bits per heavy atom. The minimum absolute atomic E-state index is 0.0510. The molecule has 1 aliphatic carbocycles. The fraction of sp³-hybridized carbons (Fsp3) is 0.154. The number of carbonyl (C=O) groups is 2. The van der Waals surface area contributed by atoms with Crippen LogP contribution < -0.4 is 19.5 Å². The molecule has 0 spiro atoms. The first-order valence-electron chi connectivity index (χ1n) is 10.2. The van der Waals surface area contributed by atoms with Crippen LogP contribution >= 0.6 is 0 Å². The normalized spacial score (nSPS) is 13.6. The highest BCUT2D eigenvalue weighted by atomic mass is 16.5. The molecular weight excluding hydrogens is 406 g/mol. The third-order valence-corrected chi connectivity index (χ3v) is 5.20. The zero-order valence-electron chi connectivity index (χ0n) is 17.9. The number of benzene rings is 3. The summed E-state index contributed by atoms with van der Waals surface area (Å²) in [6.07, 6.45) is 2.48. The summed E-state index contributed by atoms with van der Waals surface area (Å²) in [5, 5.41) is 2.77. The zero-order chi connectivity index (χ0) is 22.5. The second kappa shape index (κ2) is 9.39. The third-order valence-electron chi connectivity index (χ3n) is 5.20. The molecule has 0 saturated carbocycles. The second-order valence-electron chi connectivity index (χ2n) is 7.31. The first-order chi connectivity index (χ1) is 15.6. The fourth-order valence-electron chi connectivity index (χ4n) is 3.58. The number of ether oxygens (including phenoxy) is 3. The molecule has 1 N–H and O–H groups in total. The Labute approximate surface area is 186 Å². The van der Waals surface area contributed by atoms with Gasteiger partial charge in [-0.2, -0.15) is 0 Å². The van der Waals surface area contributed by atoms with Crippen LogP contribution in [0.2, 0.25) is 0 Å². The van der Waals surface area contributed by atoms with Crippen molar-refractivity contribution in [1.82, 2.24) is 0 Å². The highest BCUT2D eigenvalue weighted by Gasteiger charge is 2.24. The molecule has 0 saturated heterocycles. The Morgan fingerprint density at radius 3 is 2.47 bits per heavy atom. The largest absolute Gasteiger partial charge is 0.497 e. The number of methoxy groups -OCH3 is 2. The van der Waals surface area contributed by atoms with Gasteiger partial charge < -0.3 is 19.5 Å². The molecule has 32 heavy (non-hydrogen) atoms. The van der Waals surface area contributed by atoms with E-state index in [2.05, 4.69) is 5.32 Å². The van der Waals surface area contributed by atoms with Crippen molar-refractivity contribution in [3.8, 4) is 17.2 Å². The predicted molar refractivity (Wildman–Crippen MR) is 123 cm³/mol. The SMILES string of the molecule is COc1ccc(NC(=O)COc2ccc(C=C3Cc4ccccc4C3=O)cc2OC)cc1. The number of amides is 1. The number of fused-ring (bicyclic) bond motifs is 1. The van der Waals surface area contributed by atoms with E-state index in [1.807, 2.05) is 36.4 Å². The molecule has 6 nitrogen and oxygen atoms in total. The molecule has 4 rings (SSSR count). The van der Waals surface area contributed by atoms with Crippen LogP contribution in [0.5, 0.6) is 17.2 Å². The standard InChI is InChI=1S/C26H23NO5/c1-30-21-10-8-20(9-11-21)27-25(28)16-32-23-12-7-17(14-24(23)31-2)13-19-15-18-5-3-4-6-22(18)26(19)29/h3-14H,15-16H2,1-2H3,(H,27,28). The van der Waals surface area contributed by atoms with Gasteiger partial charge in [0.1, 0.15) is 5.75 Å². The smallest absolute Gasteiger partial charge is 0.262 e. The summed E-state index contributed by atoms with van der Waals surface area (Å²) in [6.45, 7) is -0.170. The maximum Gasteiger partial charge on any atom is 0.262 e. The Hall–Kier alpha value is -4.06. The summed E-state index contributed by atoms with van der Waals surface area (Å²) in [7, 11) is 3.12. The van der Waals surface area contributed by atoms with Crippen molar-refractivity contribution in [3.05, 3.63) is 89.0 Å². The minimum Gasteiger partial charge on any atom is -0.497 e. The van der Waals surface area contributed by atoms with E-state index in [0.29, 0.717) is 29.4 Å². The van der Waals surface area contributed by atoms with Crippen molar-refractivity contribution in [3.63, 3.8) is 0 Å². The van der Waals surface area contributed by atoms with Gasteiger partial charge in [-0.25, -0.2) is 0 Å². The van der Waals surface area contributed by atoms with Gasteiger partial charge in [0.2, 0.25) is 0 Å². The Kier molecular flexibility index (Phi) is 6.22. The van der Waals surface area contributed by atoms with Crippen molar-refractivity contribution in [2.45, 2.75) is 6.42 Å². The summed E-state index contributed by atoms with van der Waals surface area (Å²) in [6, 6.07) is 20.0. The average molecular weight is 429 g/mol. The number of rotatable bonds is 7. The Morgan fingerprint density at radius 2 is 1.75 bits per heavy atom. The number of hydrogen-bond donors (Lipinski definition) is 1. The quantitative estimate of drug-likeness (QED) is 0.558.